The van der Waals surface area contributed by atoms with Crippen molar-refractivity contribution in [1.29, 1.82) is 0 Å². The molecule has 1 aromatic rings. The molecule has 0 bridgehead atoms. The van der Waals surface area contributed by atoms with Crippen LogP contribution >= 0.6 is 0 Å². The topological polar surface area (TPSA) is 52.7 Å². The van der Waals surface area contributed by atoms with Crippen LogP contribution in [0.5, 0.6) is 0 Å². The Labute approximate surface area is 184 Å². The summed E-state index contributed by atoms with van der Waals surface area (Å²) in [7, 11) is 4.00. The number of benzene rings is 1. The zero-order chi connectivity index (χ0) is 23.4. The highest BCUT2D eigenvalue weighted by atomic mass is 16.2. The Bertz CT molecular complexity index is 740. The zero-order valence-corrected chi connectivity index (χ0v) is 21.0. The summed E-state index contributed by atoms with van der Waals surface area (Å²) in [5.74, 6) is 0.480. The Balaban J connectivity index is 3.30. The molecular weight excluding hydrogens is 374 g/mol. The quantitative estimate of drug-likeness (QED) is 0.633. The minimum absolute atomic E-state index is 0.00391. The number of carbonyl (C=O) groups is 2. The highest BCUT2D eigenvalue weighted by molar-refractivity contribution is 5.91. The molecule has 0 aliphatic heterocycles. The van der Waals surface area contributed by atoms with Crippen LogP contribution in [0, 0.1) is 16.7 Å². The average Bonchev–Trinajstić information content (AvgIpc) is 2.55. The Hall–Kier alpha value is -2.04. The summed E-state index contributed by atoms with van der Waals surface area (Å²) < 4.78 is 0. The molecule has 0 aromatic heterocycles. The number of nitrogens with one attached hydrogen (secondary N) is 1. The van der Waals surface area contributed by atoms with Gasteiger partial charge in [0.15, 0.2) is 0 Å². The van der Waals surface area contributed by atoms with Crippen LogP contribution in [0.15, 0.2) is 18.2 Å². The van der Waals surface area contributed by atoms with Crippen molar-refractivity contribution < 1.29 is 9.59 Å². The van der Waals surface area contributed by atoms with Crippen LogP contribution in [-0.2, 0) is 16.1 Å². The molecule has 0 unspecified atom stereocenters. The van der Waals surface area contributed by atoms with Crippen molar-refractivity contribution in [2.75, 3.05) is 24.3 Å². The van der Waals surface area contributed by atoms with Crippen molar-refractivity contribution in [3.8, 4) is 0 Å². The van der Waals surface area contributed by atoms with Crippen molar-refractivity contribution in [1.82, 2.24) is 4.90 Å². The third kappa shape index (κ3) is 7.66. The molecule has 0 aliphatic carbocycles. The van der Waals surface area contributed by atoms with Gasteiger partial charge in [0.1, 0.15) is 0 Å². The van der Waals surface area contributed by atoms with E-state index in [0.717, 1.165) is 16.9 Å². The fourth-order valence-corrected chi connectivity index (χ4v) is 3.29. The first-order chi connectivity index (χ1) is 13.5. The molecule has 0 saturated heterocycles. The van der Waals surface area contributed by atoms with E-state index in [2.05, 4.69) is 51.8 Å². The predicted octanol–water partition coefficient (Wildman–Crippen LogP) is 5.55. The molecule has 5 heteroatoms. The van der Waals surface area contributed by atoms with Gasteiger partial charge in [-0.3, -0.25) is 9.59 Å². The summed E-state index contributed by atoms with van der Waals surface area (Å²) in [5.41, 5.74) is 2.31. The summed E-state index contributed by atoms with van der Waals surface area (Å²) in [4.78, 5) is 29.7. The molecule has 1 atom stereocenters. The van der Waals surface area contributed by atoms with Crippen molar-refractivity contribution in [2.24, 2.45) is 16.7 Å². The van der Waals surface area contributed by atoms with Crippen LogP contribution < -0.4 is 10.2 Å². The molecule has 0 saturated carbocycles. The van der Waals surface area contributed by atoms with E-state index in [1.165, 1.54) is 0 Å². The smallest absolute Gasteiger partial charge is 0.228 e. The maximum absolute atomic E-state index is 13.3. The fraction of sp³-hybridized carbons (Fsp3) is 0.680. The Morgan fingerprint density at radius 3 is 2.00 bits per heavy atom. The molecular formula is C25H43N3O2. The van der Waals surface area contributed by atoms with Gasteiger partial charge in [-0.1, -0.05) is 55.4 Å². The second kappa shape index (κ2) is 9.84. The second-order valence-corrected chi connectivity index (χ2v) is 11.2. The minimum atomic E-state index is -0.458. The maximum atomic E-state index is 13.3. The Kier molecular flexibility index (Phi) is 8.53. The van der Waals surface area contributed by atoms with Gasteiger partial charge < -0.3 is 15.1 Å². The molecule has 0 heterocycles. The van der Waals surface area contributed by atoms with Gasteiger partial charge >= 0.3 is 0 Å². The largest absolute Gasteiger partial charge is 0.377 e. The van der Waals surface area contributed by atoms with Crippen LogP contribution in [0.25, 0.3) is 0 Å². The van der Waals surface area contributed by atoms with E-state index in [9.17, 15) is 9.59 Å². The lowest BCUT2D eigenvalue weighted by Crippen LogP contribution is -2.46. The van der Waals surface area contributed by atoms with E-state index < -0.39 is 5.41 Å². The monoisotopic (exact) mass is 417 g/mol. The first-order valence-corrected chi connectivity index (χ1v) is 10.9. The molecule has 2 amide bonds. The number of carbonyl (C=O) groups excluding carboxylic acids is 2. The summed E-state index contributed by atoms with van der Waals surface area (Å²) in [6, 6.07) is 6.06. The SMILES string of the molecule is CC(C)[C@@H](C)N(Cc1cc(NC(=O)CC(C)(C)C)ccc1N(C)C)C(=O)C(C)(C)C. The van der Waals surface area contributed by atoms with E-state index in [4.69, 9.17) is 0 Å². The van der Waals surface area contributed by atoms with Crippen LogP contribution in [-0.4, -0.2) is 36.9 Å². The number of rotatable bonds is 7. The van der Waals surface area contributed by atoms with E-state index in [-0.39, 0.29) is 23.3 Å². The standard InChI is InChI=1S/C25H43N3O2/c1-17(2)18(3)28(23(30)25(7,8)9)16-19-14-20(12-13-21(19)27(10)11)26-22(29)15-24(4,5)6/h12-14,17-18H,15-16H2,1-11H3,(H,26,29)/t18-/m1/s1. The Morgan fingerprint density at radius 2 is 1.57 bits per heavy atom. The number of amides is 2. The number of anilines is 2. The summed E-state index contributed by atoms with van der Waals surface area (Å²) >= 11 is 0. The van der Waals surface area contributed by atoms with Gasteiger partial charge in [0.25, 0.3) is 0 Å². The summed E-state index contributed by atoms with van der Waals surface area (Å²) in [5, 5.41) is 3.03. The highest BCUT2D eigenvalue weighted by Gasteiger charge is 2.32. The van der Waals surface area contributed by atoms with Crippen LogP contribution in [0.4, 0.5) is 11.4 Å². The molecule has 1 N–H and O–H groups in total. The molecule has 1 aromatic carbocycles. The van der Waals surface area contributed by atoms with Crippen LogP contribution in [0.3, 0.4) is 0 Å². The summed E-state index contributed by atoms with van der Waals surface area (Å²) in [6.07, 6.45) is 0.455. The van der Waals surface area contributed by atoms with Gasteiger partial charge in [-0.05, 0) is 42.0 Å². The lowest BCUT2D eigenvalue weighted by molar-refractivity contribution is -0.143. The minimum Gasteiger partial charge on any atom is -0.377 e. The molecule has 0 spiro atoms. The van der Waals surface area contributed by atoms with Gasteiger partial charge in [-0.15, -0.1) is 0 Å². The van der Waals surface area contributed by atoms with E-state index in [1.807, 2.05) is 58.0 Å². The molecule has 1 rings (SSSR count). The first-order valence-electron chi connectivity index (χ1n) is 10.9. The van der Waals surface area contributed by atoms with E-state index in [1.54, 1.807) is 0 Å². The normalized spacial score (nSPS) is 13.2. The summed E-state index contributed by atoms with van der Waals surface area (Å²) in [6.45, 7) is 18.9. The average molecular weight is 418 g/mol. The van der Waals surface area contributed by atoms with E-state index >= 15 is 0 Å². The molecule has 30 heavy (non-hydrogen) atoms. The lowest BCUT2D eigenvalue weighted by Gasteiger charge is -2.37. The van der Waals surface area contributed by atoms with Gasteiger partial charge in [-0.25, -0.2) is 0 Å². The number of nitrogens with zero attached hydrogens (tertiary/aromatic N) is 2. The van der Waals surface area contributed by atoms with Crippen LogP contribution in [0.2, 0.25) is 0 Å². The van der Waals surface area contributed by atoms with Crippen molar-refractivity contribution >= 4 is 23.2 Å². The Morgan fingerprint density at radius 1 is 1.00 bits per heavy atom. The van der Waals surface area contributed by atoms with Crippen molar-refractivity contribution in [3.63, 3.8) is 0 Å². The fourth-order valence-electron chi connectivity index (χ4n) is 3.29. The third-order valence-corrected chi connectivity index (χ3v) is 5.24. The second-order valence-electron chi connectivity index (χ2n) is 11.2. The lowest BCUT2D eigenvalue weighted by atomic mass is 9.91. The van der Waals surface area contributed by atoms with Gasteiger partial charge in [0.05, 0.1) is 0 Å². The highest BCUT2D eigenvalue weighted by Crippen LogP contribution is 2.29. The molecule has 170 valence electrons. The van der Waals surface area contributed by atoms with Crippen molar-refractivity contribution in [2.45, 2.75) is 81.3 Å². The predicted molar refractivity (Wildman–Crippen MR) is 128 cm³/mol. The van der Waals surface area contributed by atoms with Gasteiger partial charge in [0.2, 0.25) is 11.8 Å². The zero-order valence-electron chi connectivity index (χ0n) is 21.0. The van der Waals surface area contributed by atoms with Gasteiger partial charge in [-0.2, -0.15) is 0 Å². The molecule has 0 aliphatic rings. The number of hydrogen-bond acceptors (Lipinski definition) is 3. The molecule has 0 radical (unpaired) electrons. The van der Waals surface area contributed by atoms with E-state index in [0.29, 0.717) is 18.9 Å². The number of hydrogen-bond donors (Lipinski definition) is 1. The van der Waals surface area contributed by atoms with Crippen molar-refractivity contribution in [3.05, 3.63) is 23.8 Å². The molecule has 5 nitrogen and oxygen atoms in total. The molecule has 0 fully saturated rings. The maximum Gasteiger partial charge on any atom is 0.228 e. The van der Waals surface area contributed by atoms with Crippen LogP contribution in [0.1, 0.15) is 74.3 Å². The third-order valence-electron chi connectivity index (χ3n) is 5.24. The van der Waals surface area contributed by atoms with Gasteiger partial charge in [0, 0.05) is 49.9 Å². The first kappa shape index (κ1) is 26.0.